The molecule has 2 heterocycles. The van der Waals surface area contributed by atoms with Crippen molar-refractivity contribution in [1.29, 1.82) is 0 Å². The summed E-state index contributed by atoms with van der Waals surface area (Å²) in [5.41, 5.74) is 0. The van der Waals surface area contributed by atoms with Crippen LogP contribution in [0.25, 0.3) is 0 Å². The molecule has 18 heavy (non-hydrogen) atoms. The average molecular weight is 353 g/mol. The van der Waals surface area contributed by atoms with E-state index in [1.54, 1.807) is 23.4 Å². The van der Waals surface area contributed by atoms with Crippen LogP contribution in [0.3, 0.4) is 0 Å². The van der Waals surface area contributed by atoms with Crippen LogP contribution in [0.4, 0.5) is 0 Å². The second-order valence-electron chi connectivity index (χ2n) is 4.19. The van der Waals surface area contributed by atoms with Gasteiger partial charge in [-0.15, -0.1) is 11.3 Å². The van der Waals surface area contributed by atoms with Gasteiger partial charge in [0, 0.05) is 30.5 Å². The molecule has 1 N–H and O–H groups in total. The zero-order valence-electron chi connectivity index (χ0n) is 9.72. The molecule has 5 nitrogen and oxygen atoms in total. The zero-order chi connectivity index (χ0) is 13.3. The Morgan fingerprint density at radius 2 is 2.28 bits per heavy atom. The summed E-state index contributed by atoms with van der Waals surface area (Å²) in [4.78, 5) is 12.9. The fourth-order valence-corrected chi connectivity index (χ4v) is 5.47. The number of sulfonamides is 1. The number of carbonyl (C=O) groups is 1. The fourth-order valence-electron chi connectivity index (χ4n) is 1.85. The Bertz CT molecular complexity index is 555. The topological polar surface area (TPSA) is 66.5 Å². The maximum absolute atomic E-state index is 12.1. The molecule has 0 saturated carbocycles. The first kappa shape index (κ1) is 14.0. The molecule has 2 rings (SSSR count). The van der Waals surface area contributed by atoms with E-state index in [-0.39, 0.29) is 16.2 Å². The van der Waals surface area contributed by atoms with E-state index in [0.29, 0.717) is 23.9 Å². The lowest BCUT2D eigenvalue weighted by molar-refractivity contribution is -0.132. The smallest absolute Gasteiger partial charge is 0.251 e. The van der Waals surface area contributed by atoms with Gasteiger partial charge in [0.15, 0.2) is 0 Å². The second kappa shape index (κ2) is 5.28. The van der Waals surface area contributed by atoms with Crippen molar-refractivity contribution in [2.24, 2.45) is 0 Å². The highest BCUT2D eigenvalue weighted by Gasteiger charge is 2.28. The first-order chi connectivity index (χ1) is 8.40. The van der Waals surface area contributed by atoms with Gasteiger partial charge in [-0.2, -0.15) is 0 Å². The van der Waals surface area contributed by atoms with Crippen LogP contribution in [-0.4, -0.2) is 38.9 Å². The quantitative estimate of drug-likeness (QED) is 0.894. The maximum Gasteiger partial charge on any atom is 0.251 e. The first-order valence-corrected chi connectivity index (χ1v) is 8.55. The van der Waals surface area contributed by atoms with Gasteiger partial charge in [-0.05, 0) is 33.8 Å². The maximum atomic E-state index is 12.1. The normalized spacial score (nSPS) is 21.3. The third kappa shape index (κ3) is 2.93. The van der Waals surface area contributed by atoms with Crippen LogP contribution in [0.1, 0.15) is 12.8 Å². The average Bonchev–Trinajstić information content (AvgIpc) is 2.70. The van der Waals surface area contributed by atoms with E-state index in [9.17, 15) is 13.2 Å². The number of rotatable bonds is 3. The molecule has 1 amide bonds. The minimum atomic E-state index is -3.50. The van der Waals surface area contributed by atoms with Crippen LogP contribution in [0.5, 0.6) is 0 Å². The molecule has 1 atom stereocenters. The largest absolute Gasteiger partial charge is 0.344 e. The number of likely N-dealkylation sites (tertiary alicyclic amines) is 1. The van der Waals surface area contributed by atoms with Crippen LogP contribution >= 0.6 is 27.3 Å². The Labute approximate surface area is 118 Å². The summed E-state index contributed by atoms with van der Waals surface area (Å²) in [6.45, 7) is 0.418. The van der Waals surface area contributed by atoms with Crippen molar-refractivity contribution in [3.8, 4) is 0 Å². The molecule has 1 fully saturated rings. The summed E-state index contributed by atoms with van der Waals surface area (Å²) >= 11 is 4.38. The minimum absolute atomic E-state index is 0.0581. The highest BCUT2D eigenvalue weighted by molar-refractivity contribution is 9.10. The number of carbonyl (C=O) groups excluding carboxylic acids is 1. The lowest BCUT2D eigenvalue weighted by atomic mass is 10.1. The van der Waals surface area contributed by atoms with Crippen LogP contribution in [-0.2, 0) is 14.8 Å². The molecule has 0 bridgehead atoms. The summed E-state index contributed by atoms with van der Waals surface area (Å²) < 4.78 is 27.8. The van der Waals surface area contributed by atoms with E-state index in [1.807, 2.05) is 0 Å². The van der Waals surface area contributed by atoms with Gasteiger partial charge < -0.3 is 4.90 Å². The van der Waals surface area contributed by atoms with Gasteiger partial charge >= 0.3 is 0 Å². The molecular formula is C10H13BrN2O3S2. The van der Waals surface area contributed by atoms with E-state index < -0.39 is 10.0 Å². The Morgan fingerprint density at radius 1 is 1.56 bits per heavy atom. The van der Waals surface area contributed by atoms with Crippen LogP contribution < -0.4 is 4.72 Å². The van der Waals surface area contributed by atoms with Crippen molar-refractivity contribution < 1.29 is 13.2 Å². The molecule has 1 aliphatic rings. The van der Waals surface area contributed by atoms with Crippen molar-refractivity contribution in [3.63, 3.8) is 0 Å². The molecule has 1 saturated heterocycles. The standard InChI is InChI=1S/C10H13BrN2O3S2/c1-13-6-7(2-3-9(13)14)12-18(15,16)10-8(11)4-5-17-10/h4-5,7,12H,2-3,6H2,1H3. The van der Waals surface area contributed by atoms with Gasteiger partial charge in [0.2, 0.25) is 5.91 Å². The molecule has 1 aromatic heterocycles. The number of amides is 1. The highest BCUT2D eigenvalue weighted by Crippen LogP contribution is 2.28. The Balaban J connectivity index is 2.10. The van der Waals surface area contributed by atoms with Gasteiger partial charge in [0.1, 0.15) is 4.21 Å². The third-order valence-electron chi connectivity index (χ3n) is 2.78. The van der Waals surface area contributed by atoms with Crippen LogP contribution in [0.15, 0.2) is 20.1 Å². The number of likely N-dealkylation sites (N-methyl/N-ethyl adjacent to an activating group) is 1. The molecule has 100 valence electrons. The van der Waals surface area contributed by atoms with Gasteiger partial charge in [-0.1, -0.05) is 0 Å². The van der Waals surface area contributed by atoms with E-state index in [1.165, 1.54) is 11.3 Å². The van der Waals surface area contributed by atoms with Crippen molar-refractivity contribution in [3.05, 3.63) is 15.9 Å². The van der Waals surface area contributed by atoms with Crippen molar-refractivity contribution in [2.45, 2.75) is 23.1 Å². The molecule has 8 heteroatoms. The van der Waals surface area contributed by atoms with E-state index >= 15 is 0 Å². The van der Waals surface area contributed by atoms with Crippen molar-refractivity contribution in [1.82, 2.24) is 9.62 Å². The molecule has 1 aliphatic heterocycles. The number of thiophene rings is 1. The Kier molecular flexibility index (Phi) is 4.10. The van der Waals surface area contributed by atoms with Gasteiger partial charge in [-0.25, -0.2) is 13.1 Å². The highest BCUT2D eigenvalue weighted by atomic mass is 79.9. The zero-order valence-corrected chi connectivity index (χ0v) is 12.9. The first-order valence-electron chi connectivity index (χ1n) is 5.39. The van der Waals surface area contributed by atoms with E-state index in [4.69, 9.17) is 0 Å². The number of nitrogens with one attached hydrogen (secondary N) is 1. The second-order valence-corrected chi connectivity index (χ2v) is 7.87. The Morgan fingerprint density at radius 3 is 2.83 bits per heavy atom. The minimum Gasteiger partial charge on any atom is -0.344 e. The molecule has 0 aliphatic carbocycles. The molecule has 0 radical (unpaired) electrons. The van der Waals surface area contributed by atoms with Gasteiger partial charge in [0.25, 0.3) is 10.0 Å². The lowest BCUT2D eigenvalue weighted by Crippen LogP contribution is -2.48. The number of halogens is 1. The fraction of sp³-hybridized carbons (Fsp3) is 0.500. The van der Waals surface area contributed by atoms with E-state index in [2.05, 4.69) is 20.7 Å². The van der Waals surface area contributed by atoms with Gasteiger partial charge in [0.05, 0.1) is 0 Å². The number of hydrogen-bond acceptors (Lipinski definition) is 4. The van der Waals surface area contributed by atoms with Gasteiger partial charge in [-0.3, -0.25) is 4.79 Å². The summed E-state index contributed by atoms with van der Waals surface area (Å²) in [6.07, 6.45) is 0.931. The van der Waals surface area contributed by atoms with Crippen LogP contribution in [0, 0.1) is 0 Å². The van der Waals surface area contributed by atoms with Crippen LogP contribution in [0.2, 0.25) is 0 Å². The monoisotopic (exact) mass is 352 g/mol. The van der Waals surface area contributed by atoms with Crippen molar-refractivity contribution in [2.75, 3.05) is 13.6 Å². The lowest BCUT2D eigenvalue weighted by Gasteiger charge is -2.29. The molecule has 0 spiro atoms. The van der Waals surface area contributed by atoms with Crippen molar-refractivity contribution >= 4 is 43.2 Å². The SMILES string of the molecule is CN1CC(NS(=O)(=O)c2sccc2Br)CCC1=O. The predicted molar refractivity (Wildman–Crippen MR) is 73.0 cm³/mol. The molecular weight excluding hydrogens is 340 g/mol. The Hall–Kier alpha value is -0.440. The molecule has 0 aromatic carbocycles. The molecule has 1 unspecified atom stereocenters. The molecule has 1 aromatic rings. The third-order valence-corrected chi connectivity index (χ3v) is 6.97. The summed E-state index contributed by atoms with van der Waals surface area (Å²) in [5.74, 6) is 0.0581. The predicted octanol–water partition coefficient (Wildman–Crippen LogP) is 1.41. The summed E-state index contributed by atoms with van der Waals surface area (Å²) in [7, 11) is -1.82. The summed E-state index contributed by atoms with van der Waals surface area (Å²) in [6, 6.07) is 1.49. The number of nitrogens with zero attached hydrogens (tertiary/aromatic N) is 1. The number of hydrogen-bond donors (Lipinski definition) is 1. The number of piperidine rings is 1. The summed E-state index contributed by atoms with van der Waals surface area (Å²) in [5, 5.41) is 1.72. The van der Waals surface area contributed by atoms with E-state index in [0.717, 1.165) is 0 Å².